The summed E-state index contributed by atoms with van der Waals surface area (Å²) in [5.74, 6) is -0.604. The number of nitrogens with two attached hydrogens (primary N) is 1. The van der Waals surface area contributed by atoms with Gasteiger partial charge in [-0.2, -0.15) is 4.31 Å². The van der Waals surface area contributed by atoms with Gasteiger partial charge >= 0.3 is 0 Å². The second kappa shape index (κ2) is 5.39. The van der Waals surface area contributed by atoms with Crippen LogP contribution in [0.15, 0.2) is 35.7 Å². The third-order valence-electron chi connectivity index (χ3n) is 2.32. The van der Waals surface area contributed by atoms with Crippen molar-refractivity contribution in [2.45, 2.75) is 11.4 Å². The molecule has 1 rings (SSSR count). The van der Waals surface area contributed by atoms with E-state index in [4.69, 9.17) is 5.73 Å². The van der Waals surface area contributed by atoms with E-state index >= 15 is 0 Å². The Balaban J connectivity index is 3.31. The van der Waals surface area contributed by atoms with Crippen LogP contribution in [0.2, 0.25) is 0 Å². The molecule has 17 heavy (non-hydrogen) atoms. The van der Waals surface area contributed by atoms with Gasteiger partial charge in [0, 0.05) is 20.1 Å². The normalized spacial score (nSPS) is 11.8. The predicted molar refractivity (Wildman–Crippen MR) is 64.3 cm³/mol. The van der Waals surface area contributed by atoms with E-state index in [1.165, 1.54) is 25.3 Å². The molecular weight excluding hydrogens is 243 g/mol. The third kappa shape index (κ3) is 2.91. The Labute approximate surface area is 101 Å². The second-order valence-electron chi connectivity index (χ2n) is 3.53. The smallest absolute Gasteiger partial charge is 0.243 e. The molecule has 0 bridgehead atoms. The zero-order chi connectivity index (χ0) is 13.1. The molecular formula is C11H15FN2O2S. The second-order valence-corrected chi connectivity index (χ2v) is 5.54. The van der Waals surface area contributed by atoms with Gasteiger partial charge in [0.25, 0.3) is 0 Å². The molecule has 0 unspecified atom stereocenters. The standard InChI is InChI=1S/C11H15FN2O2S/c1-3-6-14(2)17(15,16)11-7-10(12)5-4-9(11)8-13/h3-5,7H,1,6,8,13H2,2H3. The molecule has 0 spiro atoms. The van der Waals surface area contributed by atoms with E-state index in [1.807, 2.05) is 0 Å². The Morgan fingerprint density at radius 3 is 2.71 bits per heavy atom. The Hall–Kier alpha value is -1.24. The Kier molecular flexibility index (Phi) is 4.39. The van der Waals surface area contributed by atoms with Crippen LogP contribution in [-0.4, -0.2) is 26.3 Å². The van der Waals surface area contributed by atoms with Crippen molar-refractivity contribution >= 4 is 10.0 Å². The third-order valence-corrected chi connectivity index (χ3v) is 4.23. The number of halogens is 1. The molecule has 0 saturated heterocycles. The van der Waals surface area contributed by atoms with Crippen molar-refractivity contribution in [3.8, 4) is 0 Å². The number of likely N-dealkylation sites (N-methyl/N-ethyl adjacent to an activating group) is 1. The summed E-state index contributed by atoms with van der Waals surface area (Å²) < 4.78 is 38.4. The van der Waals surface area contributed by atoms with Gasteiger partial charge in [0.05, 0.1) is 4.90 Å². The lowest BCUT2D eigenvalue weighted by Gasteiger charge is -2.17. The highest BCUT2D eigenvalue weighted by molar-refractivity contribution is 7.89. The van der Waals surface area contributed by atoms with Crippen molar-refractivity contribution < 1.29 is 12.8 Å². The quantitative estimate of drug-likeness (QED) is 0.804. The fraction of sp³-hybridized carbons (Fsp3) is 0.273. The predicted octanol–water partition coefficient (Wildman–Crippen LogP) is 1.09. The van der Waals surface area contributed by atoms with Crippen LogP contribution >= 0.6 is 0 Å². The SMILES string of the molecule is C=CCN(C)S(=O)(=O)c1cc(F)ccc1CN. The van der Waals surface area contributed by atoms with Gasteiger partial charge in [0.1, 0.15) is 5.82 Å². The molecule has 0 heterocycles. The molecule has 0 atom stereocenters. The molecule has 0 radical (unpaired) electrons. The highest BCUT2D eigenvalue weighted by Crippen LogP contribution is 2.20. The molecule has 6 heteroatoms. The first kappa shape index (κ1) is 13.8. The zero-order valence-electron chi connectivity index (χ0n) is 9.56. The van der Waals surface area contributed by atoms with Crippen molar-refractivity contribution in [2.75, 3.05) is 13.6 Å². The Morgan fingerprint density at radius 1 is 1.53 bits per heavy atom. The number of rotatable bonds is 5. The molecule has 4 nitrogen and oxygen atoms in total. The van der Waals surface area contributed by atoms with E-state index in [2.05, 4.69) is 6.58 Å². The van der Waals surface area contributed by atoms with E-state index in [9.17, 15) is 12.8 Å². The molecule has 1 aromatic carbocycles. The van der Waals surface area contributed by atoms with Gasteiger partial charge in [-0.3, -0.25) is 0 Å². The minimum Gasteiger partial charge on any atom is -0.326 e. The molecule has 0 aliphatic rings. The van der Waals surface area contributed by atoms with Gasteiger partial charge in [0.2, 0.25) is 10.0 Å². The molecule has 0 amide bonds. The maximum Gasteiger partial charge on any atom is 0.243 e. The number of nitrogens with zero attached hydrogens (tertiary/aromatic N) is 1. The monoisotopic (exact) mass is 258 g/mol. The molecule has 0 fully saturated rings. The lowest BCUT2D eigenvalue weighted by molar-refractivity contribution is 0.497. The van der Waals surface area contributed by atoms with E-state index < -0.39 is 15.8 Å². The van der Waals surface area contributed by atoms with Crippen molar-refractivity contribution in [1.82, 2.24) is 4.31 Å². The fourth-order valence-corrected chi connectivity index (χ4v) is 2.77. The maximum absolute atomic E-state index is 13.1. The van der Waals surface area contributed by atoms with Crippen LogP contribution in [-0.2, 0) is 16.6 Å². The number of sulfonamides is 1. The number of hydrogen-bond acceptors (Lipinski definition) is 3. The summed E-state index contributed by atoms with van der Waals surface area (Å²) in [4.78, 5) is -0.0932. The van der Waals surface area contributed by atoms with Crippen LogP contribution in [0.4, 0.5) is 4.39 Å². The van der Waals surface area contributed by atoms with E-state index in [0.717, 1.165) is 10.4 Å². The van der Waals surface area contributed by atoms with Crippen molar-refractivity contribution in [2.24, 2.45) is 5.73 Å². The highest BCUT2D eigenvalue weighted by Gasteiger charge is 2.23. The van der Waals surface area contributed by atoms with Crippen LogP contribution in [0.1, 0.15) is 5.56 Å². The van der Waals surface area contributed by atoms with E-state index in [0.29, 0.717) is 5.56 Å². The van der Waals surface area contributed by atoms with Crippen molar-refractivity contribution in [1.29, 1.82) is 0 Å². The summed E-state index contributed by atoms with van der Waals surface area (Å²) in [5.41, 5.74) is 5.84. The summed E-state index contributed by atoms with van der Waals surface area (Å²) in [5, 5.41) is 0. The Bertz CT molecular complexity index is 514. The molecule has 0 aliphatic heterocycles. The van der Waals surface area contributed by atoms with Crippen molar-refractivity contribution in [3.63, 3.8) is 0 Å². The van der Waals surface area contributed by atoms with Crippen LogP contribution < -0.4 is 5.73 Å². The molecule has 0 aliphatic carbocycles. The average Bonchev–Trinajstić information content (AvgIpc) is 2.29. The van der Waals surface area contributed by atoms with Gasteiger partial charge in [-0.1, -0.05) is 12.1 Å². The first-order valence-electron chi connectivity index (χ1n) is 4.99. The van der Waals surface area contributed by atoms with Crippen LogP contribution in [0.5, 0.6) is 0 Å². The minimum absolute atomic E-state index is 0.0385. The summed E-state index contributed by atoms with van der Waals surface area (Å²) in [7, 11) is -2.32. The number of benzene rings is 1. The van der Waals surface area contributed by atoms with Gasteiger partial charge < -0.3 is 5.73 Å². The Morgan fingerprint density at radius 2 is 2.18 bits per heavy atom. The largest absolute Gasteiger partial charge is 0.326 e. The van der Waals surface area contributed by atoms with Crippen molar-refractivity contribution in [3.05, 3.63) is 42.2 Å². The van der Waals surface area contributed by atoms with Crippen LogP contribution in [0, 0.1) is 5.82 Å². The summed E-state index contributed by atoms with van der Waals surface area (Å²) in [6.45, 7) is 3.66. The molecule has 0 saturated carbocycles. The van der Waals surface area contributed by atoms with Gasteiger partial charge in [-0.15, -0.1) is 6.58 Å². The summed E-state index contributed by atoms with van der Waals surface area (Å²) in [6, 6.07) is 3.55. The molecule has 1 aromatic rings. The topological polar surface area (TPSA) is 63.4 Å². The van der Waals surface area contributed by atoms with Crippen LogP contribution in [0.25, 0.3) is 0 Å². The lowest BCUT2D eigenvalue weighted by atomic mass is 10.2. The fourth-order valence-electron chi connectivity index (χ4n) is 1.38. The molecule has 94 valence electrons. The first-order chi connectivity index (χ1) is 7.93. The number of hydrogen-bond donors (Lipinski definition) is 1. The average molecular weight is 258 g/mol. The molecule has 2 N–H and O–H groups in total. The van der Waals surface area contributed by atoms with Gasteiger partial charge in [-0.25, -0.2) is 12.8 Å². The summed E-state index contributed by atoms with van der Waals surface area (Å²) in [6.07, 6.45) is 1.46. The van der Waals surface area contributed by atoms with Crippen LogP contribution in [0.3, 0.4) is 0 Å². The van der Waals surface area contributed by atoms with Gasteiger partial charge in [-0.05, 0) is 17.7 Å². The maximum atomic E-state index is 13.1. The first-order valence-corrected chi connectivity index (χ1v) is 6.43. The zero-order valence-corrected chi connectivity index (χ0v) is 10.4. The summed E-state index contributed by atoms with van der Waals surface area (Å²) >= 11 is 0. The lowest BCUT2D eigenvalue weighted by Crippen LogP contribution is -2.28. The molecule has 0 aromatic heterocycles. The van der Waals surface area contributed by atoms with Gasteiger partial charge in [0.15, 0.2) is 0 Å². The van der Waals surface area contributed by atoms with E-state index in [1.54, 1.807) is 0 Å². The van der Waals surface area contributed by atoms with E-state index in [-0.39, 0.29) is 18.0 Å². The minimum atomic E-state index is -3.72. The highest BCUT2D eigenvalue weighted by atomic mass is 32.2.